The van der Waals surface area contributed by atoms with E-state index in [1.54, 1.807) is 0 Å². The Labute approximate surface area is 153 Å². The van der Waals surface area contributed by atoms with E-state index in [-0.39, 0.29) is 11.8 Å². The van der Waals surface area contributed by atoms with Gasteiger partial charge in [0.15, 0.2) is 0 Å². The maximum absolute atomic E-state index is 11.4. The zero-order valence-electron chi connectivity index (χ0n) is 13.7. The molecular weight excluding hydrogens is 386 g/mol. The van der Waals surface area contributed by atoms with E-state index in [1.807, 2.05) is 56.3 Å². The molecule has 0 unspecified atom stereocenters. The van der Waals surface area contributed by atoms with Crippen molar-refractivity contribution in [1.29, 1.82) is 0 Å². The van der Waals surface area contributed by atoms with Crippen LogP contribution in [0.3, 0.4) is 0 Å². The zero-order chi connectivity index (χ0) is 18.0. The van der Waals surface area contributed by atoms with Crippen molar-refractivity contribution in [3.05, 3.63) is 63.2 Å². The van der Waals surface area contributed by atoms with Crippen molar-refractivity contribution in [3.63, 3.8) is 0 Å². The van der Waals surface area contributed by atoms with E-state index < -0.39 is 4.92 Å². The first kappa shape index (κ1) is 17.2. The van der Waals surface area contributed by atoms with Gasteiger partial charge in [0.2, 0.25) is 0 Å². The second-order valence-corrected chi connectivity index (χ2v) is 6.67. The van der Waals surface area contributed by atoms with Gasteiger partial charge in [0.05, 0.1) is 16.5 Å². The number of pyridine rings is 1. The molecule has 1 heterocycles. The van der Waals surface area contributed by atoms with E-state index in [2.05, 4.69) is 26.2 Å². The molecule has 0 saturated heterocycles. The molecule has 0 aliphatic rings. The molecule has 1 aromatic heterocycles. The third-order valence-electron chi connectivity index (χ3n) is 3.50. The molecule has 0 atom stereocenters. The molecule has 1 N–H and O–H groups in total. The molecule has 2 aromatic carbocycles. The van der Waals surface area contributed by atoms with E-state index in [0.29, 0.717) is 16.6 Å². The quantitative estimate of drug-likeness (QED) is 0.455. The largest absolute Gasteiger partial charge is 0.491 e. The average Bonchev–Trinajstić information content (AvgIpc) is 2.56. The first-order valence-electron chi connectivity index (χ1n) is 7.70. The van der Waals surface area contributed by atoms with Crippen LogP contribution < -0.4 is 10.1 Å². The number of fused-ring (bicyclic) bond motifs is 1. The smallest absolute Gasteiger partial charge is 0.311 e. The Morgan fingerprint density at radius 2 is 1.92 bits per heavy atom. The molecule has 0 amide bonds. The first-order chi connectivity index (χ1) is 11.9. The Bertz CT molecular complexity index is 927. The summed E-state index contributed by atoms with van der Waals surface area (Å²) in [5.74, 6) is 0.748. The highest BCUT2D eigenvalue weighted by Gasteiger charge is 2.18. The van der Waals surface area contributed by atoms with Crippen LogP contribution in [0.2, 0.25) is 0 Å². The van der Waals surface area contributed by atoms with Gasteiger partial charge in [-0.05, 0) is 56.3 Å². The summed E-state index contributed by atoms with van der Waals surface area (Å²) in [5.41, 5.74) is 1.74. The average molecular weight is 402 g/mol. The molecule has 128 valence electrons. The monoisotopic (exact) mass is 401 g/mol. The van der Waals surface area contributed by atoms with Crippen molar-refractivity contribution >= 4 is 43.9 Å². The van der Waals surface area contributed by atoms with Gasteiger partial charge in [-0.3, -0.25) is 10.1 Å². The van der Waals surface area contributed by atoms with Crippen LogP contribution in [0.25, 0.3) is 10.9 Å². The molecule has 0 bridgehead atoms. The predicted molar refractivity (Wildman–Crippen MR) is 102 cm³/mol. The van der Waals surface area contributed by atoms with Crippen molar-refractivity contribution in [3.8, 4) is 5.75 Å². The van der Waals surface area contributed by atoms with E-state index >= 15 is 0 Å². The summed E-state index contributed by atoms with van der Waals surface area (Å²) >= 11 is 3.40. The number of ether oxygens (including phenoxy) is 1. The van der Waals surface area contributed by atoms with Crippen LogP contribution in [0.15, 0.2) is 53.1 Å². The number of rotatable bonds is 5. The summed E-state index contributed by atoms with van der Waals surface area (Å²) in [6.07, 6.45) is 1.36. The molecule has 0 aliphatic heterocycles. The number of nitro groups is 1. The number of hydrogen-bond acceptors (Lipinski definition) is 5. The van der Waals surface area contributed by atoms with Crippen molar-refractivity contribution in [2.75, 3.05) is 5.32 Å². The van der Waals surface area contributed by atoms with E-state index in [4.69, 9.17) is 4.74 Å². The fraction of sp³-hybridized carbons (Fsp3) is 0.167. The Balaban J connectivity index is 2.03. The number of nitrogens with zero attached hydrogens (tertiary/aromatic N) is 2. The van der Waals surface area contributed by atoms with Crippen molar-refractivity contribution in [2.24, 2.45) is 0 Å². The topological polar surface area (TPSA) is 77.3 Å². The standard InChI is InChI=1S/C18H16BrN3O3/c1-11(2)25-14-6-4-13(5-7-14)21-18-15-9-12(19)3-8-16(15)20-10-17(18)22(23)24/h3-11H,1-2H3,(H,20,21). The maximum atomic E-state index is 11.4. The van der Waals surface area contributed by atoms with Crippen LogP contribution in [0.4, 0.5) is 17.1 Å². The van der Waals surface area contributed by atoms with Crippen molar-refractivity contribution in [2.45, 2.75) is 20.0 Å². The van der Waals surface area contributed by atoms with Gasteiger partial charge in [-0.1, -0.05) is 15.9 Å². The van der Waals surface area contributed by atoms with Gasteiger partial charge in [0.1, 0.15) is 17.6 Å². The molecule has 3 aromatic rings. The Hall–Kier alpha value is -2.67. The Morgan fingerprint density at radius 3 is 2.56 bits per heavy atom. The first-order valence-corrected chi connectivity index (χ1v) is 8.50. The summed E-state index contributed by atoms with van der Waals surface area (Å²) < 4.78 is 6.44. The summed E-state index contributed by atoms with van der Waals surface area (Å²) in [6.45, 7) is 3.91. The van der Waals surface area contributed by atoms with Gasteiger partial charge in [-0.2, -0.15) is 0 Å². The van der Waals surface area contributed by atoms with Crippen LogP contribution in [-0.4, -0.2) is 16.0 Å². The Kier molecular flexibility index (Phi) is 4.85. The second kappa shape index (κ2) is 7.06. The van der Waals surface area contributed by atoms with Crippen LogP contribution in [-0.2, 0) is 0 Å². The molecule has 3 rings (SSSR count). The molecule has 0 fully saturated rings. The van der Waals surface area contributed by atoms with Gasteiger partial charge in [0, 0.05) is 15.5 Å². The number of aromatic nitrogens is 1. The molecule has 0 aliphatic carbocycles. The van der Waals surface area contributed by atoms with Gasteiger partial charge >= 0.3 is 5.69 Å². The molecule has 0 spiro atoms. The fourth-order valence-electron chi connectivity index (χ4n) is 2.46. The van der Waals surface area contributed by atoms with Crippen LogP contribution in [0, 0.1) is 10.1 Å². The molecule has 25 heavy (non-hydrogen) atoms. The molecule has 6 nitrogen and oxygen atoms in total. The van der Waals surface area contributed by atoms with Crippen LogP contribution in [0.1, 0.15) is 13.8 Å². The van der Waals surface area contributed by atoms with E-state index in [0.717, 1.165) is 15.9 Å². The highest BCUT2D eigenvalue weighted by atomic mass is 79.9. The lowest BCUT2D eigenvalue weighted by Crippen LogP contribution is -2.05. The van der Waals surface area contributed by atoms with Crippen molar-refractivity contribution in [1.82, 2.24) is 4.98 Å². The summed E-state index contributed by atoms with van der Waals surface area (Å²) in [4.78, 5) is 15.1. The van der Waals surface area contributed by atoms with E-state index in [9.17, 15) is 10.1 Å². The summed E-state index contributed by atoms with van der Waals surface area (Å²) in [7, 11) is 0. The lowest BCUT2D eigenvalue weighted by Gasteiger charge is -2.12. The predicted octanol–water partition coefficient (Wildman–Crippen LogP) is 5.44. The third kappa shape index (κ3) is 3.88. The zero-order valence-corrected chi connectivity index (χ0v) is 15.3. The Morgan fingerprint density at radius 1 is 1.20 bits per heavy atom. The second-order valence-electron chi connectivity index (χ2n) is 5.75. The summed E-state index contributed by atoms with van der Waals surface area (Å²) in [6, 6.07) is 12.8. The lowest BCUT2D eigenvalue weighted by molar-refractivity contribution is -0.384. The van der Waals surface area contributed by atoms with Crippen LogP contribution in [0.5, 0.6) is 5.75 Å². The summed E-state index contributed by atoms with van der Waals surface area (Å²) in [5, 5.41) is 15.2. The SMILES string of the molecule is CC(C)Oc1ccc(Nc2c([N+](=O)[O-])cnc3ccc(Br)cc23)cc1. The van der Waals surface area contributed by atoms with Gasteiger partial charge in [-0.15, -0.1) is 0 Å². The number of halogens is 1. The molecular formula is C18H16BrN3O3. The molecule has 0 saturated carbocycles. The highest BCUT2D eigenvalue weighted by molar-refractivity contribution is 9.10. The minimum Gasteiger partial charge on any atom is -0.491 e. The lowest BCUT2D eigenvalue weighted by atomic mass is 10.1. The van der Waals surface area contributed by atoms with Gasteiger partial charge < -0.3 is 10.1 Å². The van der Waals surface area contributed by atoms with Gasteiger partial charge in [0.25, 0.3) is 0 Å². The minimum atomic E-state index is -0.439. The number of nitrogens with one attached hydrogen (secondary N) is 1. The maximum Gasteiger partial charge on any atom is 0.311 e. The third-order valence-corrected chi connectivity index (χ3v) is 4.00. The number of hydrogen-bond donors (Lipinski definition) is 1. The fourth-order valence-corrected chi connectivity index (χ4v) is 2.82. The molecule has 0 radical (unpaired) electrons. The van der Waals surface area contributed by atoms with Crippen LogP contribution >= 0.6 is 15.9 Å². The van der Waals surface area contributed by atoms with Crippen molar-refractivity contribution < 1.29 is 9.66 Å². The van der Waals surface area contributed by atoms with E-state index in [1.165, 1.54) is 6.20 Å². The van der Waals surface area contributed by atoms with Gasteiger partial charge in [-0.25, -0.2) is 4.98 Å². The minimum absolute atomic E-state index is 0.0758. The highest BCUT2D eigenvalue weighted by Crippen LogP contribution is 2.35. The number of benzene rings is 2. The number of anilines is 2. The molecule has 7 heteroatoms. The normalized spacial score (nSPS) is 10.9.